The molecule has 14 heavy (non-hydrogen) atoms. The van der Waals surface area contributed by atoms with E-state index in [2.05, 4.69) is 5.32 Å². The molecule has 0 spiro atoms. The molecular weight excluding hydrogens is 228 g/mol. The van der Waals surface area contributed by atoms with Crippen LogP contribution in [-0.4, -0.2) is 13.0 Å². The first-order valence-electron chi connectivity index (χ1n) is 3.87. The van der Waals surface area contributed by atoms with Gasteiger partial charge in [0.1, 0.15) is 11.2 Å². The molecule has 1 aromatic carbocycles. The number of benzene rings is 1. The zero-order valence-electron chi connectivity index (χ0n) is 7.35. The first-order chi connectivity index (χ1) is 6.56. The van der Waals surface area contributed by atoms with E-state index in [1.54, 1.807) is 0 Å². The molecule has 0 saturated carbocycles. The van der Waals surface area contributed by atoms with Crippen molar-refractivity contribution in [2.75, 3.05) is 7.05 Å². The molecule has 1 atom stereocenters. The minimum absolute atomic E-state index is 0.0820. The third-order valence-electron chi connectivity index (χ3n) is 1.71. The summed E-state index contributed by atoms with van der Waals surface area (Å²) in [7, 11) is 1.43. The summed E-state index contributed by atoms with van der Waals surface area (Å²) >= 11 is 11.4. The quantitative estimate of drug-likeness (QED) is 0.785. The van der Waals surface area contributed by atoms with Gasteiger partial charge in [-0.05, 0) is 18.2 Å². The highest BCUT2D eigenvalue weighted by Crippen LogP contribution is 2.26. The van der Waals surface area contributed by atoms with Crippen LogP contribution in [0.5, 0.6) is 0 Å². The Balaban J connectivity index is 3.05. The van der Waals surface area contributed by atoms with Crippen LogP contribution in [0.3, 0.4) is 0 Å². The largest absolute Gasteiger partial charge is 0.358 e. The summed E-state index contributed by atoms with van der Waals surface area (Å²) in [5, 5.41) is 1.62. The van der Waals surface area contributed by atoms with Crippen LogP contribution in [0.1, 0.15) is 10.9 Å². The molecule has 0 heterocycles. The summed E-state index contributed by atoms with van der Waals surface area (Å²) in [5.41, 5.74) is 0.0820. The monoisotopic (exact) mass is 235 g/mol. The number of carbonyl (C=O) groups is 1. The molecule has 76 valence electrons. The second-order valence-corrected chi connectivity index (χ2v) is 3.52. The van der Waals surface area contributed by atoms with Gasteiger partial charge < -0.3 is 5.32 Å². The third-order valence-corrected chi connectivity index (χ3v) is 2.38. The summed E-state index contributed by atoms with van der Waals surface area (Å²) in [6, 6.07) is 3.91. The molecule has 0 aliphatic carbocycles. The van der Waals surface area contributed by atoms with Crippen LogP contribution in [0.4, 0.5) is 4.39 Å². The first-order valence-corrected chi connectivity index (χ1v) is 4.68. The van der Waals surface area contributed by atoms with E-state index < -0.39 is 17.1 Å². The van der Waals surface area contributed by atoms with E-state index in [1.807, 2.05) is 0 Å². The fourth-order valence-corrected chi connectivity index (χ4v) is 1.43. The lowest BCUT2D eigenvalue weighted by molar-refractivity contribution is -0.120. The molecule has 0 aromatic heterocycles. The summed E-state index contributed by atoms with van der Waals surface area (Å²) in [4.78, 5) is 11.1. The van der Waals surface area contributed by atoms with Crippen molar-refractivity contribution in [3.05, 3.63) is 34.6 Å². The smallest absolute Gasteiger partial charge is 0.242 e. The lowest BCUT2D eigenvalue weighted by Crippen LogP contribution is -2.23. The Morgan fingerprint density at radius 3 is 2.79 bits per heavy atom. The fraction of sp³-hybridized carbons (Fsp3) is 0.222. The fourth-order valence-electron chi connectivity index (χ4n) is 0.977. The van der Waals surface area contributed by atoms with Crippen molar-refractivity contribution < 1.29 is 9.18 Å². The maximum atomic E-state index is 13.2. The van der Waals surface area contributed by atoms with Crippen LogP contribution in [0.25, 0.3) is 0 Å². The molecule has 0 bridgehead atoms. The number of alkyl halides is 1. The Morgan fingerprint density at radius 1 is 1.57 bits per heavy atom. The number of carbonyl (C=O) groups excluding carboxylic acids is 1. The molecule has 1 N–H and O–H groups in total. The van der Waals surface area contributed by atoms with E-state index in [-0.39, 0.29) is 5.56 Å². The van der Waals surface area contributed by atoms with Crippen LogP contribution >= 0.6 is 23.2 Å². The molecule has 0 aliphatic heterocycles. The summed E-state index contributed by atoms with van der Waals surface area (Å²) in [6.45, 7) is 0. The SMILES string of the molecule is CNC(=O)C(Cl)c1cc(Cl)ccc1F. The molecule has 0 saturated heterocycles. The van der Waals surface area contributed by atoms with Crippen LogP contribution in [0.2, 0.25) is 5.02 Å². The van der Waals surface area contributed by atoms with Gasteiger partial charge in [0.25, 0.3) is 0 Å². The Bertz CT molecular complexity index is 357. The molecule has 0 aliphatic rings. The van der Waals surface area contributed by atoms with Crippen molar-refractivity contribution in [2.24, 2.45) is 0 Å². The Morgan fingerprint density at radius 2 is 2.21 bits per heavy atom. The number of hydrogen-bond donors (Lipinski definition) is 1. The Hall–Kier alpha value is -0.800. The molecule has 1 amide bonds. The maximum absolute atomic E-state index is 13.2. The Kier molecular flexibility index (Phi) is 3.72. The predicted molar refractivity (Wildman–Crippen MR) is 54.1 cm³/mol. The molecule has 5 heteroatoms. The number of nitrogens with one attached hydrogen (secondary N) is 1. The highest BCUT2D eigenvalue weighted by atomic mass is 35.5. The average molecular weight is 236 g/mol. The van der Waals surface area contributed by atoms with Gasteiger partial charge in [-0.15, -0.1) is 11.6 Å². The third kappa shape index (κ3) is 2.36. The minimum atomic E-state index is -1.06. The van der Waals surface area contributed by atoms with Gasteiger partial charge in [-0.1, -0.05) is 11.6 Å². The van der Waals surface area contributed by atoms with Gasteiger partial charge in [0.15, 0.2) is 0 Å². The van der Waals surface area contributed by atoms with E-state index >= 15 is 0 Å². The second kappa shape index (κ2) is 4.62. The summed E-state index contributed by atoms with van der Waals surface area (Å²) < 4.78 is 13.2. The molecule has 2 nitrogen and oxygen atoms in total. The zero-order chi connectivity index (χ0) is 10.7. The van der Waals surface area contributed by atoms with Gasteiger partial charge in [-0.2, -0.15) is 0 Å². The number of likely N-dealkylation sites (N-methyl/N-ethyl adjacent to an activating group) is 1. The normalized spacial score (nSPS) is 12.3. The van der Waals surface area contributed by atoms with Crippen LogP contribution in [0.15, 0.2) is 18.2 Å². The zero-order valence-corrected chi connectivity index (χ0v) is 8.86. The number of hydrogen-bond acceptors (Lipinski definition) is 1. The van der Waals surface area contributed by atoms with Gasteiger partial charge in [0.2, 0.25) is 5.91 Å². The van der Waals surface area contributed by atoms with E-state index in [9.17, 15) is 9.18 Å². The van der Waals surface area contributed by atoms with Gasteiger partial charge in [0.05, 0.1) is 0 Å². The van der Waals surface area contributed by atoms with Crippen molar-refractivity contribution in [2.45, 2.75) is 5.38 Å². The average Bonchev–Trinajstić information content (AvgIpc) is 2.19. The van der Waals surface area contributed by atoms with Crippen molar-refractivity contribution >= 4 is 29.1 Å². The van der Waals surface area contributed by atoms with Crippen molar-refractivity contribution in [3.63, 3.8) is 0 Å². The molecule has 0 fully saturated rings. The topological polar surface area (TPSA) is 29.1 Å². The van der Waals surface area contributed by atoms with E-state index in [0.717, 1.165) is 0 Å². The standard InChI is InChI=1S/C9H8Cl2FNO/c1-13-9(14)8(11)6-4-5(10)2-3-7(6)12/h2-4,8H,1H3,(H,13,14). The highest BCUT2D eigenvalue weighted by molar-refractivity contribution is 6.32. The van der Waals surface area contributed by atoms with Crippen molar-refractivity contribution in [1.82, 2.24) is 5.32 Å². The molecule has 1 aromatic rings. The van der Waals surface area contributed by atoms with Crippen LogP contribution in [-0.2, 0) is 4.79 Å². The minimum Gasteiger partial charge on any atom is -0.358 e. The van der Waals surface area contributed by atoms with Gasteiger partial charge in [0, 0.05) is 17.6 Å². The first kappa shape index (κ1) is 11.3. The van der Waals surface area contributed by atoms with E-state index in [4.69, 9.17) is 23.2 Å². The van der Waals surface area contributed by atoms with Gasteiger partial charge >= 0.3 is 0 Å². The molecular formula is C9H8Cl2FNO. The lowest BCUT2D eigenvalue weighted by atomic mass is 10.1. The van der Waals surface area contributed by atoms with E-state index in [0.29, 0.717) is 5.02 Å². The molecule has 1 unspecified atom stereocenters. The number of amides is 1. The summed E-state index contributed by atoms with van der Waals surface area (Å²) in [6.07, 6.45) is 0. The van der Waals surface area contributed by atoms with Gasteiger partial charge in [-0.3, -0.25) is 4.79 Å². The van der Waals surface area contributed by atoms with E-state index in [1.165, 1.54) is 25.2 Å². The summed E-state index contributed by atoms with van der Waals surface area (Å²) in [5.74, 6) is -1.01. The number of rotatable bonds is 2. The highest BCUT2D eigenvalue weighted by Gasteiger charge is 2.19. The maximum Gasteiger partial charge on any atom is 0.242 e. The number of halogens is 3. The molecule has 0 radical (unpaired) electrons. The Labute approximate surface area is 91.0 Å². The molecule has 1 rings (SSSR count). The van der Waals surface area contributed by atoms with Gasteiger partial charge in [-0.25, -0.2) is 4.39 Å². The second-order valence-electron chi connectivity index (χ2n) is 2.64. The predicted octanol–water partition coefficient (Wildman–Crippen LogP) is 2.51. The van der Waals surface area contributed by atoms with Crippen molar-refractivity contribution in [3.8, 4) is 0 Å². The van der Waals surface area contributed by atoms with Crippen LogP contribution < -0.4 is 5.32 Å². The van der Waals surface area contributed by atoms with Crippen LogP contribution in [0, 0.1) is 5.82 Å². The van der Waals surface area contributed by atoms with Crippen molar-refractivity contribution in [1.29, 1.82) is 0 Å². The lowest BCUT2D eigenvalue weighted by Gasteiger charge is -2.09.